The largest absolute Gasteiger partial charge is 0.382 e. The monoisotopic (exact) mass is 321 g/mol. The molecule has 0 saturated heterocycles. The van der Waals surface area contributed by atoms with E-state index in [-0.39, 0.29) is 0 Å². The summed E-state index contributed by atoms with van der Waals surface area (Å²) in [5.74, 6) is 0. The van der Waals surface area contributed by atoms with Gasteiger partial charge in [0.15, 0.2) is 0 Å². The summed E-state index contributed by atoms with van der Waals surface area (Å²) in [6, 6.07) is 4.75. The number of methoxy groups -OCH3 is 1. The molecule has 1 atom stereocenters. The summed E-state index contributed by atoms with van der Waals surface area (Å²) in [7, 11) is 3.69. The molecule has 0 amide bonds. The quantitative estimate of drug-likeness (QED) is 0.709. The smallest absolute Gasteiger partial charge is 0.0701 e. The second-order valence-electron chi connectivity index (χ2n) is 3.79. The van der Waals surface area contributed by atoms with Crippen LogP contribution in [-0.2, 0) is 15.9 Å². The zero-order chi connectivity index (χ0) is 12.5. The fourth-order valence-corrected chi connectivity index (χ4v) is 3.09. The molecule has 0 fully saturated rings. The molecule has 98 valence electrons. The molecule has 1 heterocycles. The van der Waals surface area contributed by atoms with E-state index < -0.39 is 0 Å². The van der Waals surface area contributed by atoms with Gasteiger partial charge < -0.3 is 14.8 Å². The SMILES string of the molecule is CNC(CCOCCOC)Cc1ccc(Br)s1. The zero-order valence-corrected chi connectivity index (χ0v) is 12.8. The van der Waals surface area contributed by atoms with Gasteiger partial charge in [0.2, 0.25) is 0 Å². The number of halogens is 1. The molecule has 3 nitrogen and oxygen atoms in total. The minimum Gasteiger partial charge on any atom is -0.382 e. The van der Waals surface area contributed by atoms with Crippen LogP contribution in [0.5, 0.6) is 0 Å². The molecule has 1 aromatic rings. The summed E-state index contributed by atoms with van der Waals surface area (Å²) in [6.07, 6.45) is 2.08. The molecule has 1 aromatic heterocycles. The number of hydrogen-bond donors (Lipinski definition) is 1. The minimum atomic E-state index is 0.475. The first-order valence-electron chi connectivity index (χ1n) is 5.74. The summed E-state index contributed by atoms with van der Waals surface area (Å²) in [5.41, 5.74) is 0. The lowest BCUT2D eigenvalue weighted by molar-refractivity contribution is 0.0661. The first-order valence-corrected chi connectivity index (χ1v) is 7.35. The summed E-state index contributed by atoms with van der Waals surface area (Å²) in [4.78, 5) is 1.40. The van der Waals surface area contributed by atoms with Crippen molar-refractivity contribution in [2.45, 2.75) is 18.9 Å². The van der Waals surface area contributed by atoms with Crippen molar-refractivity contribution in [2.24, 2.45) is 0 Å². The van der Waals surface area contributed by atoms with Crippen molar-refractivity contribution in [1.82, 2.24) is 5.32 Å². The molecule has 0 bridgehead atoms. The van der Waals surface area contributed by atoms with Crippen LogP contribution in [0.3, 0.4) is 0 Å². The Morgan fingerprint density at radius 1 is 1.35 bits per heavy atom. The Labute approximate surface area is 116 Å². The van der Waals surface area contributed by atoms with E-state index >= 15 is 0 Å². The first-order chi connectivity index (χ1) is 8.26. The van der Waals surface area contributed by atoms with Crippen LogP contribution in [0.4, 0.5) is 0 Å². The average Bonchev–Trinajstić information content (AvgIpc) is 2.73. The van der Waals surface area contributed by atoms with E-state index in [1.54, 1.807) is 18.4 Å². The van der Waals surface area contributed by atoms with Crippen LogP contribution < -0.4 is 5.32 Å². The summed E-state index contributed by atoms with van der Waals surface area (Å²) >= 11 is 5.28. The van der Waals surface area contributed by atoms with Gasteiger partial charge in [-0.2, -0.15) is 0 Å². The van der Waals surface area contributed by atoms with Crippen LogP contribution in [0.15, 0.2) is 15.9 Å². The lowest BCUT2D eigenvalue weighted by Gasteiger charge is -2.15. The van der Waals surface area contributed by atoms with Gasteiger partial charge in [0.25, 0.3) is 0 Å². The lowest BCUT2D eigenvalue weighted by atomic mass is 10.1. The van der Waals surface area contributed by atoms with Crippen LogP contribution in [0.2, 0.25) is 0 Å². The van der Waals surface area contributed by atoms with Gasteiger partial charge in [0.05, 0.1) is 17.0 Å². The minimum absolute atomic E-state index is 0.475. The molecule has 1 unspecified atom stereocenters. The van der Waals surface area contributed by atoms with Gasteiger partial charge in [-0.05, 0) is 48.0 Å². The van der Waals surface area contributed by atoms with Gasteiger partial charge in [0.1, 0.15) is 0 Å². The Kier molecular flexibility index (Phi) is 8.05. The maximum Gasteiger partial charge on any atom is 0.0701 e. The molecular formula is C12H20BrNO2S. The van der Waals surface area contributed by atoms with E-state index in [2.05, 4.69) is 33.4 Å². The number of thiophene rings is 1. The van der Waals surface area contributed by atoms with Gasteiger partial charge in [-0.1, -0.05) is 0 Å². The summed E-state index contributed by atoms with van der Waals surface area (Å²) in [5, 5.41) is 3.33. The molecule has 5 heteroatoms. The van der Waals surface area contributed by atoms with Gasteiger partial charge in [0, 0.05) is 24.6 Å². The van der Waals surface area contributed by atoms with E-state index in [1.165, 1.54) is 8.66 Å². The Morgan fingerprint density at radius 3 is 2.76 bits per heavy atom. The maximum absolute atomic E-state index is 5.48. The topological polar surface area (TPSA) is 30.5 Å². The number of hydrogen-bond acceptors (Lipinski definition) is 4. The second-order valence-corrected chi connectivity index (χ2v) is 6.34. The van der Waals surface area contributed by atoms with Crippen molar-refractivity contribution < 1.29 is 9.47 Å². The van der Waals surface area contributed by atoms with E-state index in [0.717, 1.165) is 19.4 Å². The maximum atomic E-state index is 5.48. The Balaban J connectivity index is 2.19. The van der Waals surface area contributed by atoms with E-state index in [4.69, 9.17) is 9.47 Å². The van der Waals surface area contributed by atoms with Gasteiger partial charge in [-0.15, -0.1) is 11.3 Å². The highest BCUT2D eigenvalue weighted by Gasteiger charge is 2.08. The van der Waals surface area contributed by atoms with Crippen molar-refractivity contribution in [1.29, 1.82) is 0 Å². The molecule has 0 aliphatic carbocycles. The van der Waals surface area contributed by atoms with E-state index in [0.29, 0.717) is 19.3 Å². The summed E-state index contributed by atoms with van der Waals surface area (Å²) < 4.78 is 11.6. The molecule has 1 rings (SSSR count). The first kappa shape index (κ1) is 15.1. The van der Waals surface area contributed by atoms with Crippen LogP contribution in [0, 0.1) is 0 Å². The van der Waals surface area contributed by atoms with Crippen molar-refractivity contribution >= 4 is 27.3 Å². The molecule has 17 heavy (non-hydrogen) atoms. The molecule has 1 N–H and O–H groups in total. The predicted molar refractivity (Wildman–Crippen MR) is 75.9 cm³/mol. The van der Waals surface area contributed by atoms with Crippen LogP contribution in [0.25, 0.3) is 0 Å². The molecule has 0 saturated carbocycles. The summed E-state index contributed by atoms with van der Waals surface area (Å²) in [6.45, 7) is 2.13. The van der Waals surface area contributed by atoms with E-state index in [9.17, 15) is 0 Å². The normalized spacial score (nSPS) is 12.9. The number of nitrogens with one attached hydrogen (secondary N) is 1. The van der Waals surface area contributed by atoms with Crippen molar-refractivity contribution in [2.75, 3.05) is 34.0 Å². The highest BCUT2D eigenvalue weighted by molar-refractivity contribution is 9.11. The van der Waals surface area contributed by atoms with Crippen molar-refractivity contribution in [3.63, 3.8) is 0 Å². The fraction of sp³-hybridized carbons (Fsp3) is 0.667. The van der Waals surface area contributed by atoms with Crippen LogP contribution in [0.1, 0.15) is 11.3 Å². The van der Waals surface area contributed by atoms with Gasteiger partial charge in [-0.25, -0.2) is 0 Å². The molecule has 0 aliphatic heterocycles. The Morgan fingerprint density at radius 2 is 2.18 bits per heavy atom. The zero-order valence-electron chi connectivity index (χ0n) is 10.4. The van der Waals surface area contributed by atoms with Crippen LogP contribution in [-0.4, -0.2) is 40.0 Å². The van der Waals surface area contributed by atoms with Crippen molar-refractivity contribution in [3.05, 3.63) is 20.8 Å². The third-order valence-electron chi connectivity index (χ3n) is 2.53. The Bertz CT molecular complexity index is 306. The molecule has 0 radical (unpaired) electrons. The van der Waals surface area contributed by atoms with Crippen molar-refractivity contribution in [3.8, 4) is 0 Å². The Hall–Kier alpha value is 0.0600. The average molecular weight is 322 g/mol. The number of ether oxygens (including phenoxy) is 2. The fourth-order valence-electron chi connectivity index (χ4n) is 1.52. The standard InChI is InChI=1S/C12H20BrNO2S/c1-14-10(5-6-16-8-7-15-2)9-11-3-4-12(13)17-11/h3-4,10,14H,5-9H2,1-2H3. The number of likely N-dealkylation sites (N-methyl/N-ethyl adjacent to an activating group) is 1. The second kappa shape index (κ2) is 9.05. The third kappa shape index (κ3) is 6.52. The van der Waals surface area contributed by atoms with Crippen LogP contribution >= 0.6 is 27.3 Å². The van der Waals surface area contributed by atoms with E-state index in [1.807, 2.05) is 7.05 Å². The molecular weight excluding hydrogens is 302 g/mol. The van der Waals surface area contributed by atoms with Gasteiger partial charge >= 0.3 is 0 Å². The molecule has 0 aromatic carbocycles. The number of rotatable bonds is 9. The molecule has 0 spiro atoms. The van der Waals surface area contributed by atoms with Gasteiger partial charge in [-0.3, -0.25) is 0 Å². The lowest BCUT2D eigenvalue weighted by Crippen LogP contribution is -2.28. The predicted octanol–water partition coefficient (Wildman–Crippen LogP) is 2.69. The highest BCUT2D eigenvalue weighted by Crippen LogP contribution is 2.23. The highest BCUT2D eigenvalue weighted by atomic mass is 79.9. The molecule has 0 aliphatic rings. The third-order valence-corrected chi connectivity index (χ3v) is 4.17.